The topological polar surface area (TPSA) is 106 Å². The Labute approximate surface area is 207 Å². The Hall–Kier alpha value is -2.80. The zero-order valence-electron chi connectivity index (χ0n) is 19.4. The fourth-order valence-electron chi connectivity index (χ4n) is 4.87. The van der Waals surface area contributed by atoms with Gasteiger partial charge in [0.1, 0.15) is 17.7 Å². The number of carbonyl (C=O) groups excluding carboxylic acids is 1. The summed E-state index contributed by atoms with van der Waals surface area (Å²) in [6.45, 7) is 2.32. The standard InChI is InChI=1S/C24H26F2N2O7S/c25-20-14-17(28-15-18(35-23(28)29)5-12-36(30,31)32)2-3-19(20)16-1-4-22(21(26)13-16)27-8-6-24(7-9-27)33-10-11-34-24/h1-4,13-14,18H,5-12,15H2,(H,30,31,32)/t18-/m1/s1. The van der Waals surface area contributed by atoms with Crippen LogP contribution in [0, 0.1) is 11.6 Å². The van der Waals surface area contributed by atoms with Crippen molar-refractivity contribution in [3.05, 3.63) is 48.0 Å². The van der Waals surface area contributed by atoms with Crippen molar-refractivity contribution < 1.29 is 40.8 Å². The molecule has 1 spiro atoms. The lowest BCUT2D eigenvalue weighted by molar-refractivity contribution is -0.169. The summed E-state index contributed by atoms with van der Waals surface area (Å²) >= 11 is 0. The lowest BCUT2D eigenvalue weighted by Gasteiger charge is -2.38. The summed E-state index contributed by atoms with van der Waals surface area (Å²) < 4.78 is 77.4. The van der Waals surface area contributed by atoms with E-state index in [2.05, 4.69) is 0 Å². The highest BCUT2D eigenvalue weighted by Crippen LogP contribution is 2.36. The number of piperidine rings is 1. The summed E-state index contributed by atoms with van der Waals surface area (Å²) in [6.07, 6.45) is -0.291. The fraction of sp³-hybridized carbons (Fsp3) is 0.458. The normalized spacial score (nSPS) is 21.9. The van der Waals surface area contributed by atoms with E-state index >= 15 is 8.78 Å². The number of ether oxygens (including phenoxy) is 3. The number of anilines is 2. The molecule has 9 nitrogen and oxygen atoms in total. The highest BCUT2D eigenvalue weighted by molar-refractivity contribution is 7.85. The van der Waals surface area contributed by atoms with Gasteiger partial charge >= 0.3 is 6.09 Å². The Bertz CT molecular complexity index is 1260. The minimum absolute atomic E-state index is 0.0175. The van der Waals surface area contributed by atoms with E-state index in [4.69, 9.17) is 18.8 Å². The molecule has 0 unspecified atom stereocenters. The van der Waals surface area contributed by atoms with Crippen LogP contribution in [0.15, 0.2) is 36.4 Å². The third-order valence-corrected chi connectivity index (χ3v) is 7.53. The van der Waals surface area contributed by atoms with Gasteiger partial charge in [-0.25, -0.2) is 13.6 Å². The van der Waals surface area contributed by atoms with Gasteiger partial charge < -0.3 is 19.1 Å². The van der Waals surface area contributed by atoms with Crippen molar-refractivity contribution in [2.75, 3.05) is 48.4 Å². The number of amides is 1. The fourth-order valence-corrected chi connectivity index (χ4v) is 5.43. The Kier molecular flexibility index (Phi) is 6.62. The van der Waals surface area contributed by atoms with Crippen molar-refractivity contribution >= 4 is 27.6 Å². The zero-order chi connectivity index (χ0) is 25.5. The summed E-state index contributed by atoms with van der Waals surface area (Å²) in [5.74, 6) is -2.22. The molecule has 3 fully saturated rings. The molecule has 0 saturated carbocycles. The minimum Gasteiger partial charge on any atom is -0.444 e. The van der Waals surface area contributed by atoms with Crippen LogP contribution >= 0.6 is 0 Å². The maximum atomic E-state index is 15.0. The lowest BCUT2D eigenvalue weighted by Crippen LogP contribution is -2.45. The first-order chi connectivity index (χ1) is 17.1. The summed E-state index contributed by atoms with van der Waals surface area (Å²) in [7, 11) is -4.19. The molecule has 3 saturated heterocycles. The largest absolute Gasteiger partial charge is 0.444 e. The molecule has 1 amide bonds. The van der Waals surface area contributed by atoms with Crippen LogP contribution in [-0.4, -0.2) is 69.6 Å². The summed E-state index contributed by atoms with van der Waals surface area (Å²) in [5.41, 5.74) is 1.18. The van der Waals surface area contributed by atoms with Crippen LogP contribution in [-0.2, 0) is 24.3 Å². The van der Waals surface area contributed by atoms with E-state index in [0.29, 0.717) is 50.4 Å². The number of hydrogen-bond donors (Lipinski definition) is 1. The van der Waals surface area contributed by atoms with Gasteiger partial charge in [-0.2, -0.15) is 8.42 Å². The first-order valence-electron chi connectivity index (χ1n) is 11.7. The van der Waals surface area contributed by atoms with Gasteiger partial charge in [-0.3, -0.25) is 9.45 Å². The van der Waals surface area contributed by atoms with E-state index in [0.717, 1.165) is 6.07 Å². The summed E-state index contributed by atoms with van der Waals surface area (Å²) in [6, 6.07) is 8.69. The van der Waals surface area contributed by atoms with Crippen LogP contribution < -0.4 is 9.80 Å². The molecule has 1 atom stereocenters. The van der Waals surface area contributed by atoms with Crippen LogP contribution in [0.1, 0.15) is 19.3 Å². The average molecular weight is 525 g/mol. The van der Waals surface area contributed by atoms with Crippen molar-refractivity contribution in [3.8, 4) is 11.1 Å². The van der Waals surface area contributed by atoms with Crippen molar-refractivity contribution in [2.24, 2.45) is 0 Å². The molecule has 1 N–H and O–H groups in total. The molecule has 0 aliphatic carbocycles. The number of cyclic esters (lactones) is 1. The van der Waals surface area contributed by atoms with Crippen LogP contribution in [0.3, 0.4) is 0 Å². The van der Waals surface area contributed by atoms with E-state index in [1.807, 2.05) is 4.90 Å². The molecule has 0 aromatic heterocycles. The minimum atomic E-state index is -4.19. The van der Waals surface area contributed by atoms with Crippen molar-refractivity contribution in [3.63, 3.8) is 0 Å². The van der Waals surface area contributed by atoms with Gasteiger partial charge in [-0.1, -0.05) is 6.07 Å². The zero-order valence-corrected chi connectivity index (χ0v) is 20.2. The molecule has 3 aliphatic rings. The highest BCUT2D eigenvalue weighted by atomic mass is 32.2. The number of nitrogens with zero attached hydrogens (tertiary/aromatic N) is 2. The van der Waals surface area contributed by atoms with Crippen LogP contribution in [0.2, 0.25) is 0 Å². The maximum Gasteiger partial charge on any atom is 0.414 e. The molecule has 12 heteroatoms. The third-order valence-electron chi connectivity index (χ3n) is 6.77. The molecular formula is C24H26F2N2O7S. The molecule has 2 aromatic rings. The second-order valence-electron chi connectivity index (χ2n) is 9.12. The highest BCUT2D eigenvalue weighted by Gasteiger charge is 2.40. The smallest absolute Gasteiger partial charge is 0.414 e. The number of benzene rings is 2. The molecular weight excluding hydrogens is 498 g/mol. The van der Waals surface area contributed by atoms with E-state index < -0.39 is 45.5 Å². The number of carbonyl (C=O) groups is 1. The van der Waals surface area contributed by atoms with Gasteiger partial charge in [0.05, 0.1) is 36.9 Å². The van der Waals surface area contributed by atoms with Crippen LogP contribution in [0.4, 0.5) is 25.0 Å². The molecule has 194 valence electrons. The van der Waals surface area contributed by atoms with Gasteiger partial charge in [0, 0.05) is 37.9 Å². The van der Waals surface area contributed by atoms with E-state index in [9.17, 15) is 13.2 Å². The first kappa shape index (κ1) is 24.9. The Morgan fingerprint density at radius 2 is 1.75 bits per heavy atom. The summed E-state index contributed by atoms with van der Waals surface area (Å²) in [4.78, 5) is 15.3. The van der Waals surface area contributed by atoms with Crippen molar-refractivity contribution in [1.29, 1.82) is 0 Å². The molecule has 3 aliphatic heterocycles. The Morgan fingerprint density at radius 1 is 1.03 bits per heavy atom. The van der Waals surface area contributed by atoms with E-state index in [-0.39, 0.29) is 24.2 Å². The van der Waals surface area contributed by atoms with Gasteiger partial charge in [0.2, 0.25) is 0 Å². The van der Waals surface area contributed by atoms with Gasteiger partial charge in [0.15, 0.2) is 5.79 Å². The third kappa shape index (κ3) is 5.17. The monoisotopic (exact) mass is 524 g/mol. The lowest BCUT2D eigenvalue weighted by atomic mass is 10.0. The second-order valence-corrected chi connectivity index (χ2v) is 10.7. The Morgan fingerprint density at radius 3 is 2.39 bits per heavy atom. The molecule has 2 aromatic carbocycles. The quantitative estimate of drug-likeness (QED) is 0.572. The number of hydrogen-bond acceptors (Lipinski definition) is 7. The first-order valence-corrected chi connectivity index (χ1v) is 13.3. The maximum absolute atomic E-state index is 15.0. The van der Waals surface area contributed by atoms with Gasteiger partial charge in [0.25, 0.3) is 10.1 Å². The summed E-state index contributed by atoms with van der Waals surface area (Å²) in [5, 5.41) is 0. The van der Waals surface area contributed by atoms with Crippen LogP contribution in [0.25, 0.3) is 11.1 Å². The molecule has 0 bridgehead atoms. The number of halogens is 2. The molecule has 36 heavy (non-hydrogen) atoms. The molecule has 3 heterocycles. The average Bonchev–Trinajstić information content (AvgIpc) is 3.44. The van der Waals surface area contributed by atoms with Crippen molar-refractivity contribution in [2.45, 2.75) is 31.2 Å². The van der Waals surface area contributed by atoms with E-state index in [1.165, 1.54) is 23.1 Å². The van der Waals surface area contributed by atoms with Gasteiger partial charge in [-0.05, 0) is 35.9 Å². The predicted molar refractivity (Wildman–Crippen MR) is 127 cm³/mol. The number of rotatable bonds is 6. The Balaban J connectivity index is 1.27. The SMILES string of the molecule is O=C1O[C@H](CCS(=O)(=O)O)CN1c1ccc(-c2ccc(N3CCC4(CC3)OCCO4)c(F)c2)c(F)c1. The van der Waals surface area contributed by atoms with E-state index in [1.54, 1.807) is 12.1 Å². The van der Waals surface area contributed by atoms with Gasteiger partial charge in [-0.15, -0.1) is 0 Å². The molecule has 5 rings (SSSR count). The van der Waals surface area contributed by atoms with Crippen LogP contribution in [0.5, 0.6) is 0 Å². The predicted octanol–water partition coefficient (Wildman–Crippen LogP) is 3.58. The second kappa shape index (κ2) is 9.58. The van der Waals surface area contributed by atoms with Crippen molar-refractivity contribution in [1.82, 2.24) is 0 Å². The molecule has 0 radical (unpaired) electrons.